The normalized spacial score (nSPS) is 18.7. The van der Waals surface area contributed by atoms with Crippen LogP contribution in [0.3, 0.4) is 0 Å². The fraction of sp³-hybridized carbons (Fsp3) is 0.0588. The van der Waals surface area contributed by atoms with Crippen LogP contribution in [0.2, 0.25) is 0 Å². The van der Waals surface area contributed by atoms with Crippen LogP contribution in [-0.2, 0) is 4.79 Å². The Morgan fingerprint density at radius 3 is 2.71 bits per heavy atom. The van der Waals surface area contributed by atoms with Crippen LogP contribution in [-0.4, -0.2) is 27.0 Å². The van der Waals surface area contributed by atoms with E-state index in [1.54, 1.807) is 12.1 Å². The molecule has 0 spiro atoms. The molecule has 2 aromatic rings. The lowest BCUT2D eigenvalue weighted by Crippen LogP contribution is -2.35. The minimum absolute atomic E-state index is 0.00233. The molecular formula is C17H12N4O2S. The number of amidine groups is 2. The van der Waals surface area contributed by atoms with Gasteiger partial charge in [0.1, 0.15) is 16.6 Å². The number of carbonyl (C=O) groups is 1. The SMILES string of the molecule is Cc1ccc(/C=C2\C(=N)N3N=C(c4ccccc4)SC3=NC2=O)o1. The Bertz CT molecular complexity index is 941. The summed E-state index contributed by atoms with van der Waals surface area (Å²) in [5, 5.41) is 15.2. The van der Waals surface area contributed by atoms with Crippen LogP contribution in [0.4, 0.5) is 0 Å². The Kier molecular flexibility index (Phi) is 3.42. The summed E-state index contributed by atoms with van der Waals surface area (Å²) in [6.07, 6.45) is 1.53. The Morgan fingerprint density at radius 2 is 2.00 bits per heavy atom. The zero-order chi connectivity index (χ0) is 16.7. The van der Waals surface area contributed by atoms with Gasteiger partial charge in [-0.15, -0.1) is 0 Å². The third-order valence-corrected chi connectivity index (χ3v) is 4.48. The number of carbonyl (C=O) groups excluding carboxylic acids is 1. The number of nitrogens with zero attached hydrogens (tertiary/aromatic N) is 3. The van der Waals surface area contributed by atoms with Gasteiger partial charge in [-0.05, 0) is 36.9 Å². The molecular weight excluding hydrogens is 324 g/mol. The maximum Gasteiger partial charge on any atom is 0.283 e. The van der Waals surface area contributed by atoms with Gasteiger partial charge in [-0.3, -0.25) is 10.2 Å². The van der Waals surface area contributed by atoms with E-state index in [9.17, 15) is 4.79 Å². The Morgan fingerprint density at radius 1 is 1.21 bits per heavy atom. The maximum atomic E-state index is 12.3. The smallest absolute Gasteiger partial charge is 0.283 e. The molecule has 24 heavy (non-hydrogen) atoms. The number of amides is 1. The molecule has 0 unspecified atom stereocenters. The molecule has 0 bridgehead atoms. The lowest BCUT2D eigenvalue weighted by molar-refractivity contribution is -0.114. The van der Waals surface area contributed by atoms with Crippen molar-refractivity contribution in [1.82, 2.24) is 5.01 Å². The van der Waals surface area contributed by atoms with Gasteiger partial charge in [0, 0.05) is 5.56 Å². The first kappa shape index (κ1) is 14.6. The second kappa shape index (κ2) is 5.61. The van der Waals surface area contributed by atoms with Gasteiger partial charge < -0.3 is 4.42 Å². The molecule has 0 fully saturated rings. The predicted octanol–water partition coefficient (Wildman–Crippen LogP) is 3.26. The van der Waals surface area contributed by atoms with E-state index in [0.29, 0.717) is 16.0 Å². The standard InChI is InChI=1S/C17H12N4O2S/c1-10-7-8-12(23-10)9-13-14(18)21-17(19-15(13)22)24-16(20-21)11-5-3-2-4-6-11/h2-9,18H,1H3/b13-9+,18-14?. The van der Waals surface area contributed by atoms with Crippen LogP contribution < -0.4 is 0 Å². The molecule has 1 N–H and O–H groups in total. The van der Waals surface area contributed by atoms with E-state index in [-0.39, 0.29) is 11.4 Å². The third-order valence-electron chi connectivity index (χ3n) is 3.52. The molecule has 118 valence electrons. The number of aryl methyl sites for hydroxylation is 1. The van der Waals surface area contributed by atoms with Crippen molar-refractivity contribution in [2.24, 2.45) is 10.1 Å². The van der Waals surface area contributed by atoms with Gasteiger partial charge in [-0.2, -0.15) is 15.1 Å². The first-order valence-electron chi connectivity index (χ1n) is 7.24. The topological polar surface area (TPSA) is 82.0 Å². The second-order valence-corrected chi connectivity index (χ2v) is 6.20. The number of hydrogen-bond acceptors (Lipinski definition) is 5. The average Bonchev–Trinajstić information content (AvgIpc) is 3.18. The van der Waals surface area contributed by atoms with Gasteiger partial charge >= 0.3 is 0 Å². The molecule has 0 aliphatic carbocycles. The molecule has 0 saturated carbocycles. The van der Waals surface area contributed by atoms with Crippen molar-refractivity contribution in [2.75, 3.05) is 0 Å². The average molecular weight is 336 g/mol. The summed E-state index contributed by atoms with van der Waals surface area (Å²) in [5.41, 5.74) is 1.08. The van der Waals surface area contributed by atoms with Crippen molar-refractivity contribution in [2.45, 2.75) is 6.92 Å². The molecule has 7 heteroatoms. The number of nitrogens with one attached hydrogen (secondary N) is 1. The van der Waals surface area contributed by atoms with Gasteiger partial charge in [-0.25, -0.2) is 0 Å². The molecule has 1 aromatic carbocycles. The largest absolute Gasteiger partial charge is 0.462 e. The summed E-state index contributed by atoms with van der Waals surface area (Å²) in [7, 11) is 0. The summed E-state index contributed by atoms with van der Waals surface area (Å²) >= 11 is 1.28. The fourth-order valence-corrected chi connectivity index (χ4v) is 3.26. The molecule has 3 heterocycles. The predicted molar refractivity (Wildman–Crippen MR) is 94.0 cm³/mol. The van der Waals surface area contributed by atoms with Crippen LogP contribution >= 0.6 is 11.8 Å². The highest BCUT2D eigenvalue weighted by molar-refractivity contribution is 8.27. The first-order valence-corrected chi connectivity index (χ1v) is 8.05. The molecule has 6 nitrogen and oxygen atoms in total. The number of thioether (sulfide) groups is 1. The van der Waals surface area contributed by atoms with E-state index in [1.807, 2.05) is 37.3 Å². The van der Waals surface area contributed by atoms with Gasteiger partial charge in [0.15, 0.2) is 5.84 Å². The fourth-order valence-electron chi connectivity index (χ4n) is 2.36. The number of hydrazone groups is 1. The van der Waals surface area contributed by atoms with E-state index in [1.165, 1.54) is 22.8 Å². The summed E-state index contributed by atoms with van der Waals surface area (Å²) in [5.74, 6) is 0.787. The highest BCUT2D eigenvalue weighted by atomic mass is 32.2. The number of hydrogen-bond donors (Lipinski definition) is 1. The molecule has 1 aromatic heterocycles. The summed E-state index contributed by atoms with van der Waals surface area (Å²) in [6, 6.07) is 13.2. The lowest BCUT2D eigenvalue weighted by Gasteiger charge is -2.19. The first-order chi connectivity index (χ1) is 11.6. The summed E-state index contributed by atoms with van der Waals surface area (Å²) in [6.45, 7) is 1.82. The zero-order valence-corrected chi connectivity index (χ0v) is 13.5. The highest BCUT2D eigenvalue weighted by Gasteiger charge is 2.36. The van der Waals surface area contributed by atoms with Crippen molar-refractivity contribution < 1.29 is 9.21 Å². The van der Waals surface area contributed by atoms with Gasteiger partial charge in [0.25, 0.3) is 5.91 Å². The van der Waals surface area contributed by atoms with Crippen LogP contribution in [0.15, 0.2) is 62.5 Å². The van der Waals surface area contributed by atoms with Crippen molar-refractivity contribution in [3.8, 4) is 0 Å². The van der Waals surface area contributed by atoms with Gasteiger partial charge in [-0.1, -0.05) is 30.3 Å². The second-order valence-electron chi connectivity index (χ2n) is 5.24. The zero-order valence-electron chi connectivity index (χ0n) is 12.7. The molecule has 0 radical (unpaired) electrons. The van der Waals surface area contributed by atoms with E-state index in [2.05, 4.69) is 10.1 Å². The minimum Gasteiger partial charge on any atom is -0.462 e. The van der Waals surface area contributed by atoms with E-state index < -0.39 is 5.91 Å². The number of aliphatic imine (C=N–C) groups is 1. The quantitative estimate of drug-likeness (QED) is 0.854. The highest BCUT2D eigenvalue weighted by Crippen LogP contribution is 2.30. The monoisotopic (exact) mass is 336 g/mol. The Balaban J connectivity index is 1.70. The minimum atomic E-state index is -0.461. The van der Waals surface area contributed by atoms with Crippen molar-refractivity contribution in [3.05, 3.63) is 65.1 Å². The molecule has 1 amide bonds. The van der Waals surface area contributed by atoms with Gasteiger partial charge in [0.2, 0.25) is 5.17 Å². The summed E-state index contributed by atoms with van der Waals surface area (Å²) in [4.78, 5) is 16.3. The molecule has 4 rings (SSSR count). The van der Waals surface area contributed by atoms with Crippen molar-refractivity contribution in [1.29, 1.82) is 5.41 Å². The van der Waals surface area contributed by atoms with Gasteiger partial charge in [0.05, 0.1) is 5.57 Å². The summed E-state index contributed by atoms with van der Waals surface area (Å²) < 4.78 is 5.45. The Labute approximate surface area is 142 Å². The van der Waals surface area contributed by atoms with Crippen LogP contribution in [0.5, 0.6) is 0 Å². The van der Waals surface area contributed by atoms with Crippen LogP contribution in [0, 0.1) is 12.3 Å². The number of rotatable bonds is 2. The van der Waals surface area contributed by atoms with E-state index in [0.717, 1.165) is 11.3 Å². The molecule has 0 atom stereocenters. The number of furan rings is 1. The lowest BCUT2D eigenvalue weighted by atomic mass is 10.1. The van der Waals surface area contributed by atoms with Crippen LogP contribution in [0.1, 0.15) is 17.1 Å². The Hall–Kier alpha value is -2.93. The molecule has 2 aliphatic heterocycles. The number of fused-ring (bicyclic) bond motifs is 1. The molecule has 0 saturated heterocycles. The van der Waals surface area contributed by atoms with E-state index in [4.69, 9.17) is 9.83 Å². The van der Waals surface area contributed by atoms with Crippen molar-refractivity contribution >= 4 is 39.8 Å². The van der Waals surface area contributed by atoms with Crippen LogP contribution in [0.25, 0.3) is 6.08 Å². The maximum absolute atomic E-state index is 12.3. The van der Waals surface area contributed by atoms with Crippen molar-refractivity contribution in [3.63, 3.8) is 0 Å². The molecule has 2 aliphatic rings. The third kappa shape index (κ3) is 2.48. The number of benzene rings is 1. The van der Waals surface area contributed by atoms with E-state index >= 15 is 0 Å².